The molecule has 0 bridgehead atoms. The topological polar surface area (TPSA) is 49.4 Å². The molecular formula is C16H14F4N2O2S. The number of rotatable bonds is 3. The molecule has 1 heterocycles. The molecule has 1 atom stereocenters. The molecule has 1 aliphatic heterocycles. The van der Waals surface area contributed by atoms with Gasteiger partial charge in [-0.25, -0.2) is 26.0 Å². The average molecular weight is 374 g/mol. The molecule has 0 saturated carbocycles. The van der Waals surface area contributed by atoms with Gasteiger partial charge < -0.3 is 5.32 Å². The smallest absolute Gasteiger partial charge is 0.246 e. The zero-order chi connectivity index (χ0) is 18.2. The first kappa shape index (κ1) is 17.8. The zero-order valence-electron chi connectivity index (χ0n) is 12.8. The largest absolute Gasteiger partial charge is 0.313 e. The van der Waals surface area contributed by atoms with E-state index in [4.69, 9.17) is 0 Å². The molecule has 3 rings (SSSR count). The molecule has 25 heavy (non-hydrogen) atoms. The first-order chi connectivity index (χ1) is 11.8. The van der Waals surface area contributed by atoms with Crippen LogP contribution in [-0.4, -0.2) is 32.4 Å². The SMILES string of the molecule is O=S(=O)(c1ccc(F)c(F)c1F)N1CCNCC1c1cccc(F)c1. The molecule has 0 amide bonds. The second kappa shape index (κ2) is 6.74. The highest BCUT2D eigenvalue weighted by Crippen LogP contribution is 2.31. The van der Waals surface area contributed by atoms with Crippen LogP contribution in [0.4, 0.5) is 17.6 Å². The van der Waals surface area contributed by atoms with Crippen LogP contribution in [0.3, 0.4) is 0 Å². The predicted octanol–water partition coefficient (Wildman–Crippen LogP) is 2.58. The van der Waals surface area contributed by atoms with Crippen LogP contribution in [0.5, 0.6) is 0 Å². The van der Waals surface area contributed by atoms with E-state index in [0.717, 1.165) is 4.31 Å². The Balaban J connectivity index is 2.07. The van der Waals surface area contributed by atoms with Crippen molar-refractivity contribution in [2.75, 3.05) is 19.6 Å². The van der Waals surface area contributed by atoms with Crippen molar-refractivity contribution in [2.24, 2.45) is 0 Å². The molecule has 0 aromatic heterocycles. The van der Waals surface area contributed by atoms with E-state index in [-0.39, 0.29) is 19.6 Å². The van der Waals surface area contributed by atoms with Crippen LogP contribution < -0.4 is 5.32 Å². The van der Waals surface area contributed by atoms with Crippen LogP contribution in [0.2, 0.25) is 0 Å². The molecule has 2 aromatic rings. The van der Waals surface area contributed by atoms with E-state index in [9.17, 15) is 26.0 Å². The van der Waals surface area contributed by atoms with Crippen molar-refractivity contribution < 1.29 is 26.0 Å². The van der Waals surface area contributed by atoms with E-state index >= 15 is 0 Å². The fourth-order valence-electron chi connectivity index (χ4n) is 2.81. The number of benzene rings is 2. The Labute approximate surface area is 142 Å². The van der Waals surface area contributed by atoms with Gasteiger partial charge in [0.25, 0.3) is 0 Å². The molecular weight excluding hydrogens is 360 g/mol. The summed E-state index contributed by atoms with van der Waals surface area (Å²) < 4.78 is 80.7. The van der Waals surface area contributed by atoms with Crippen LogP contribution in [0.15, 0.2) is 41.3 Å². The number of nitrogens with one attached hydrogen (secondary N) is 1. The number of sulfonamides is 1. The quantitative estimate of drug-likeness (QED) is 0.664. The van der Waals surface area contributed by atoms with Gasteiger partial charge in [0.2, 0.25) is 10.0 Å². The molecule has 2 aromatic carbocycles. The van der Waals surface area contributed by atoms with Crippen molar-refractivity contribution in [3.05, 3.63) is 65.2 Å². The Bertz CT molecular complexity index is 905. The molecule has 1 N–H and O–H groups in total. The van der Waals surface area contributed by atoms with Crippen molar-refractivity contribution >= 4 is 10.0 Å². The van der Waals surface area contributed by atoms with Gasteiger partial charge in [-0.2, -0.15) is 4.31 Å². The Hall–Kier alpha value is -1.97. The molecule has 0 spiro atoms. The van der Waals surface area contributed by atoms with Gasteiger partial charge in [-0.1, -0.05) is 12.1 Å². The number of hydrogen-bond acceptors (Lipinski definition) is 3. The Morgan fingerprint density at radius 3 is 2.52 bits per heavy atom. The minimum absolute atomic E-state index is 0.0258. The van der Waals surface area contributed by atoms with Gasteiger partial charge in [0.15, 0.2) is 17.5 Å². The van der Waals surface area contributed by atoms with Gasteiger partial charge in [-0.15, -0.1) is 0 Å². The zero-order valence-corrected chi connectivity index (χ0v) is 13.7. The third-order valence-electron chi connectivity index (χ3n) is 4.01. The van der Waals surface area contributed by atoms with Crippen molar-refractivity contribution in [3.8, 4) is 0 Å². The Morgan fingerprint density at radius 2 is 1.80 bits per heavy atom. The summed E-state index contributed by atoms with van der Waals surface area (Å²) in [5.41, 5.74) is 0.374. The lowest BCUT2D eigenvalue weighted by Crippen LogP contribution is -2.48. The van der Waals surface area contributed by atoms with E-state index in [0.29, 0.717) is 17.7 Å². The summed E-state index contributed by atoms with van der Waals surface area (Å²) in [6.07, 6.45) is 0. The summed E-state index contributed by atoms with van der Waals surface area (Å²) in [4.78, 5) is -0.949. The highest BCUT2D eigenvalue weighted by molar-refractivity contribution is 7.89. The molecule has 0 radical (unpaired) electrons. The minimum Gasteiger partial charge on any atom is -0.313 e. The van der Waals surface area contributed by atoms with Crippen molar-refractivity contribution in [2.45, 2.75) is 10.9 Å². The Morgan fingerprint density at radius 1 is 1.04 bits per heavy atom. The molecule has 1 fully saturated rings. The van der Waals surface area contributed by atoms with E-state index in [2.05, 4.69) is 5.32 Å². The lowest BCUT2D eigenvalue weighted by molar-refractivity contribution is 0.269. The lowest BCUT2D eigenvalue weighted by atomic mass is 10.1. The number of nitrogens with zero attached hydrogens (tertiary/aromatic N) is 1. The van der Waals surface area contributed by atoms with E-state index < -0.39 is 44.2 Å². The Kier molecular flexibility index (Phi) is 4.81. The third kappa shape index (κ3) is 3.26. The summed E-state index contributed by atoms with van der Waals surface area (Å²) in [5.74, 6) is -5.63. The maximum atomic E-state index is 14.0. The molecule has 134 valence electrons. The lowest BCUT2D eigenvalue weighted by Gasteiger charge is -2.35. The molecule has 9 heteroatoms. The fraction of sp³-hybridized carbons (Fsp3) is 0.250. The minimum atomic E-state index is -4.45. The third-order valence-corrected chi connectivity index (χ3v) is 5.94. The first-order valence-corrected chi connectivity index (χ1v) is 8.88. The highest BCUT2D eigenvalue weighted by Gasteiger charge is 2.37. The van der Waals surface area contributed by atoms with Gasteiger partial charge in [-0.05, 0) is 29.8 Å². The van der Waals surface area contributed by atoms with Crippen molar-refractivity contribution in [3.63, 3.8) is 0 Å². The van der Waals surface area contributed by atoms with Gasteiger partial charge in [-0.3, -0.25) is 0 Å². The highest BCUT2D eigenvalue weighted by atomic mass is 32.2. The summed E-state index contributed by atoms with van der Waals surface area (Å²) in [6, 6.07) is 5.82. The number of hydrogen-bond donors (Lipinski definition) is 1. The average Bonchev–Trinajstić information content (AvgIpc) is 2.59. The van der Waals surface area contributed by atoms with Gasteiger partial charge in [0.1, 0.15) is 10.7 Å². The molecule has 1 unspecified atom stereocenters. The van der Waals surface area contributed by atoms with Crippen LogP contribution in [0.25, 0.3) is 0 Å². The standard InChI is InChI=1S/C16H14F4N2O2S/c17-11-3-1-2-10(8-11)13-9-21-6-7-22(13)25(23,24)14-5-4-12(18)15(19)16(14)20/h1-5,8,13,21H,6-7,9H2. The molecule has 1 aliphatic rings. The van der Waals surface area contributed by atoms with Crippen LogP contribution in [0.1, 0.15) is 11.6 Å². The maximum absolute atomic E-state index is 14.0. The van der Waals surface area contributed by atoms with Gasteiger partial charge >= 0.3 is 0 Å². The van der Waals surface area contributed by atoms with E-state index in [1.807, 2.05) is 0 Å². The van der Waals surface area contributed by atoms with E-state index in [1.165, 1.54) is 18.2 Å². The first-order valence-electron chi connectivity index (χ1n) is 7.44. The second-order valence-corrected chi connectivity index (χ2v) is 7.42. The molecule has 4 nitrogen and oxygen atoms in total. The fourth-order valence-corrected chi connectivity index (χ4v) is 4.48. The van der Waals surface area contributed by atoms with Gasteiger partial charge in [0, 0.05) is 19.6 Å². The van der Waals surface area contributed by atoms with Crippen LogP contribution in [0, 0.1) is 23.3 Å². The van der Waals surface area contributed by atoms with Gasteiger partial charge in [0.05, 0.1) is 6.04 Å². The second-order valence-electron chi connectivity index (χ2n) is 5.56. The summed E-state index contributed by atoms with van der Waals surface area (Å²) in [6.45, 7) is 0.437. The molecule has 1 saturated heterocycles. The normalized spacial score (nSPS) is 19.1. The predicted molar refractivity (Wildman–Crippen MR) is 82.2 cm³/mol. The van der Waals surface area contributed by atoms with Crippen molar-refractivity contribution in [1.29, 1.82) is 0 Å². The maximum Gasteiger partial charge on any atom is 0.246 e. The number of halogens is 4. The summed E-state index contributed by atoms with van der Waals surface area (Å²) >= 11 is 0. The van der Waals surface area contributed by atoms with Crippen molar-refractivity contribution in [1.82, 2.24) is 9.62 Å². The summed E-state index contributed by atoms with van der Waals surface area (Å²) in [5, 5.41) is 2.99. The number of piperazine rings is 1. The molecule has 0 aliphatic carbocycles. The monoisotopic (exact) mass is 374 g/mol. The van der Waals surface area contributed by atoms with Crippen LogP contribution >= 0.6 is 0 Å². The summed E-state index contributed by atoms with van der Waals surface area (Å²) in [7, 11) is -4.45. The van der Waals surface area contributed by atoms with E-state index in [1.54, 1.807) is 6.07 Å². The van der Waals surface area contributed by atoms with Crippen LogP contribution in [-0.2, 0) is 10.0 Å².